The first kappa shape index (κ1) is 12.7. The van der Waals surface area contributed by atoms with Crippen molar-refractivity contribution in [3.63, 3.8) is 0 Å². The molecule has 2 aromatic rings. The summed E-state index contributed by atoms with van der Waals surface area (Å²) in [6.07, 6.45) is 0. The van der Waals surface area contributed by atoms with Crippen molar-refractivity contribution in [3.05, 3.63) is 52.4 Å². The molecule has 6 heteroatoms. The molecule has 0 aliphatic carbocycles. The van der Waals surface area contributed by atoms with Crippen LogP contribution in [0.15, 0.2) is 45.3 Å². The summed E-state index contributed by atoms with van der Waals surface area (Å²) >= 11 is 3.37. The number of halogens is 1. The van der Waals surface area contributed by atoms with E-state index in [1.54, 1.807) is 12.1 Å². The summed E-state index contributed by atoms with van der Waals surface area (Å²) in [5.41, 5.74) is 2.99. The van der Waals surface area contributed by atoms with Gasteiger partial charge in [0.05, 0.1) is 6.54 Å². The molecule has 0 bridgehead atoms. The Balaban J connectivity index is 1.96. The lowest BCUT2D eigenvalue weighted by atomic mass is 10.3. The Bertz CT molecular complexity index is 537. The number of anilines is 1. The van der Waals surface area contributed by atoms with Crippen LogP contribution < -0.4 is 16.6 Å². The highest BCUT2D eigenvalue weighted by Crippen LogP contribution is 2.15. The van der Waals surface area contributed by atoms with E-state index in [9.17, 15) is 4.79 Å². The lowest BCUT2D eigenvalue weighted by molar-refractivity contribution is 0.0924. The number of hydrogen-bond donors (Lipinski definition) is 3. The lowest BCUT2D eigenvalue weighted by Crippen LogP contribution is -2.29. The quantitative estimate of drug-likeness (QED) is 0.460. The Labute approximate surface area is 112 Å². The van der Waals surface area contributed by atoms with Crippen molar-refractivity contribution in [3.8, 4) is 0 Å². The minimum Gasteiger partial charge on any atom is -0.454 e. The highest BCUT2D eigenvalue weighted by Gasteiger charge is 2.08. The third-order valence-electron chi connectivity index (χ3n) is 2.33. The van der Waals surface area contributed by atoms with Crippen molar-refractivity contribution < 1.29 is 9.21 Å². The molecule has 0 saturated carbocycles. The normalized spacial score (nSPS) is 10.1. The predicted octanol–water partition coefficient (Wildman–Crippen LogP) is 2.26. The average Bonchev–Trinajstić information content (AvgIpc) is 2.86. The van der Waals surface area contributed by atoms with E-state index >= 15 is 0 Å². The van der Waals surface area contributed by atoms with E-state index in [-0.39, 0.29) is 5.76 Å². The van der Waals surface area contributed by atoms with Gasteiger partial charge in [0.25, 0.3) is 0 Å². The van der Waals surface area contributed by atoms with Gasteiger partial charge in [0.15, 0.2) is 5.76 Å². The zero-order valence-corrected chi connectivity index (χ0v) is 11.0. The molecule has 1 amide bonds. The zero-order valence-electron chi connectivity index (χ0n) is 9.44. The molecule has 2 rings (SSSR count). The van der Waals surface area contributed by atoms with Gasteiger partial charge in [-0.05, 0) is 36.4 Å². The molecular weight excluding hydrogens is 298 g/mol. The summed E-state index contributed by atoms with van der Waals surface area (Å²) in [6, 6.07) is 11.1. The van der Waals surface area contributed by atoms with Gasteiger partial charge in [0.1, 0.15) is 5.76 Å². The van der Waals surface area contributed by atoms with Gasteiger partial charge in [-0.15, -0.1) is 0 Å². The maximum Gasteiger partial charge on any atom is 0.300 e. The minimum absolute atomic E-state index is 0.199. The van der Waals surface area contributed by atoms with Crippen LogP contribution in [0.5, 0.6) is 0 Å². The Morgan fingerprint density at radius 2 is 1.94 bits per heavy atom. The third-order valence-corrected chi connectivity index (χ3v) is 2.86. The molecule has 4 N–H and O–H groups in total. The van der Waals surface area contributed by atoms with Crippen LogP contribution in [0.4, 0.5) is 5.69 Å². The first-order valence-corrected chi connectivity index (χ1v) is 6.07. The molecule has 0 unspecified atom stereocenters. The Kier molecular flexibility index (Phi) is 4.01. The first-order chi connectivity index (χ1) is 8.69. The maximum atomic E-state index is 11.2. The topological polar surface area (TPSA) is 80.3 Å². The van der Waals surface area contributed by atoms with Gasteiger partial charge in [-0.25, -0.2) is 5.84 Å². The predicted molar refractivity (Wildman–Crippen MR) is 71.8 cm³/mol. The van der Waals surface area contributed by atoms with Gasteiger partial charge in [-0.1, -0.05) is 15.9 Å². The summed E-state index contributed by atoms with van der Waals surface area (Å²) in [5.74, 6) is 5.44. The molecule has 0 aliphatic heterocycles. The van der Waals surface area contributed by atoms with Gasteiger partial charge in [-0.2, -0.15) is 0 Å². The smallest absolute Gasteiger partial charge is 0.300 e. The van der Waals surface area contributed by atoms with Gasteiger partial charge in [0, 0.05) is 10.2 Å². The highest BCUT2D eigenvalue weighted by atomic mass is 79.9. The van der Waals surface area contributed by atoms with E-state index in [0.717, 1.165) is 10.2 Å². The fourth-order valence-electron chi connectivity index (χ4n) is 1.42. The van der Waals surface area contributed by atoms with E-state index in [1.807, 2.05) is 29.7 Å². The van der Waals surface area contributed by atoms with E-state index in [4.69, 9.17) is 10.3 Å². The number of rotatable bonds is 4. The maximum absolute atomic E-state index is 11.2. The number of hydrogen-bond acceptors (Lipinski definition) is 4. The Hall–Kier alpha value is -1.79. The number of hydrazine groups is 1. The van der Waals surface area contributed by atoms with Crippen molar-refractivity contribution in [1.29, 1.82) is 0 Å². The molecule has 94 valence electrons. The fraction of sp³-hybridized carbons (Fsp3) is 0.0833. The molecule has 5 nitrogen and oxygen atoms in total. The molecule has 0 radical (unpaired) electrons. The molecular formula is C12H12BrN3O2. The Morgan fingerprint density at radius 1 is 1.22 bits per heavy atom. The number of nitrogen functional groups attached to an aromatic ring is 1. The summed E-state index contributed by atoms with van der Waals surface area (Å²) in [4.78, 5) is 11.2. The second-order valence-electron chi connectivity index (χ2n) is 3.60. The molecule has 0 fully saturated rings. The molecule has 0 spiro atoms. The summed E-state index contributed by atoms with van der Waals surface area (Å²) in [6.45, 7) is 0.499. The largest absolute Gasteiger partial charge is 0.454 e. The van der Waals surface area contributed by atoms with Crippen LogP contribution >= 0.6 is 15.9 Å². The highest BCUT2D eigenvalue weighted by molar-refractivity contribution is 9.10. The third kappa shape index (κ3) is 3.12. The second kappa shape index (κ2) is 5.70. The number of carbonyl (C=O) groups excluding carboxylic acids is 1. The fourth-order valence-corrected chi connectivity index (χ4v) is 1.69. The SMILES string of the molecule is NNC(=O)c1ccc(CNc2ccc(Br)cc2)o1. The molecule has 1 aromatic heterocycles. The summed E-state index contributed by atoms with van der Waals surface area (Å²) in [7, 11) is 0. The number of furan rings is 1. The van der Waals surface area contributed by atoms with Crippen LogP contribution in [-0.2, 0) is 6.54 Å². The molecule has 0 atom stereocenters. The van der Waals surface area contributed by atoms with Gasteiger partial charge < -0.3 is 9.73 Å². The molecule has 0 aliphatic rings. The molecule has 1 aromatic carbocycles. The number of amides is 1. The zero-order chi connectivity index (χ0) is 13.0. The van der Waals surface area contributed by atoms with E-state index < -0.39 is 5.91 Å². The van der Waals surface area contributed by atoms with Crippen molar-refractivity contribution in [2.45, 2.75) is 6.54 Å². The average molecular weight is 310 g/mol. The van der Waals surface area contributed by atoms with Gasteiger partial charge in [-0.3, -0.25) is 10.2 Å². The van der Waals surface area contributed by atoms with Crippen LogP contribution in [0.1, 0.15) is 16.3 Å². The van der Waals surface area contributed by atoms with Crippen LogP contribution in [0, 0.1) is 0 Å². The van der Waals surface area contributed by atoms with E-state index in [0.29, 0.717) is 12.3 Å². The summed E-state index contributed by atoms with van der Waals surface area (Å²) < 4.78 is 6.34. The van der Waals surface area contributed by atoms with Crippen molar-refractivity contribution in [1.82, 2.24) is 5.43 Å². The van der Waals surface area contributed by atoms with Crippen LogP contribution in [0.3, 0.4) is 0 Å². The standard InChI is InChI=1S/C12H12BrN3O2/c13-8-1-3-9(4-2-8)15-7-10-5-6-11(18-10)12(17)16-14/h1-6,15H,7,14H2,(H,16,17). The summed E-state index contributed by atoms with van der Waals surface area (Å²) in [5, 5.41) is 3.18. The van der Waals surface area contributed by atoms with Crippen LogP contribution in [0.2, 0.25) is 0 Å². The van der Waals surface area contributed by atoms with Gasteiger partial charge in [0.2, 0.25) is 0 Å². The number of carbonyl (C=O) groups is 1. The van der Waals surface area contributed by atoms with Crippen LogP contribution in [0.25, 0.3) is 0 Å². The van der Waals surface area contributed by atoms with Crippen molar-refractivity contribution in [2.75, 3.05) is 5.32 Å². The molecule has 18 heavy (non-hydrogen) atoms. The van der Waals surface area contributed by atoms with Crippen molar-refractivity contribution in [2.24, 2.45) is 5.84 Å². The van der Waals surface area contributed by atoms with E-state index in [2.05, 4.69) is 21.2 Å². The van der Waals surface area contributed by atoms with Crippen molar-refractivity contribution >= 4 is 27.5 Å². The second-order valence-corrected chi connectivity index (χ2v) is 4.52. The number of nitrogens with two attached hydrogens (primary N) is 1. The Morgan fingerprint density at radius 3 is 2.61 bits per heavy atom. The molecule has 0 saturated heterocycles. The number of nitrogens with one attached hydrogen (secondary N) is 2. The van der Waals surface area contributed by atoms with Gasteiger partial charge >= 0.3 is 5.91 Å². The van der Waals surface area contributed by atoms with Crippen LogP contribution in [-0.4, -0.2) is 5.91 Å². The minimum atomic E-state index is -0.440. The first-order valence-electron chi connectivity index (χ1n) is 5.28. The lowest BCUT2D eigenvalue weighted by Gasteiger charge is -2.04. The monoisotopic (exact) mass is 309 g/mol. The van der Waals surface area contributed by atoms with E-state index in [1.165, 1.54) is 0 Å². The molecule has 1 heterocycles. The number of benzene rings is 1.